The van der Waals surface area contributed by atoms with E-state index in [1.54, 1.807) is 13.3 Å². The first-order valence-electron chi connectivity index (χ1n) is 10.6. The second kappa shape index (κ2) is 8.83. The van der Waals surface area contributed by atoms with Gasteiger partial charge in [-0.25, -0.2) is 18.7 Å². The highest BCUT2D eigenvalue weighted by molar-refractivity contribution is 7.17. The van der Waals surface area contributed by atoms with E-state index >= 15 is 0 Å². The quantitative estimate of drug-likeness (QED) is 0.338. The zero-order chi connectivity index (χ0) is 22.9. The Labute approximate surface area is 193 Å². The number of benzene rings is 2. The summed E-state index contributed by atoms with van der Waals surface area (Å²) >= 11 is 1.30. The molecule has 0 N–H and O–H groups in total. The molecule has 2 aromatic carbocycles. The average Bonchev–Trinajstić information content (AvgIpc) is 3.18. The molecule has 33 heavy (non-hydrogen) atoms. The highest BCUT2D eigenvalue weighted by atomic mass is 32.1. The minimum Gasteiger partial charge on any atom is -0.481 e. The molecule has 0 bridgehead atoms. The number of rotatable bonds is 5. The van der Waals surface area contributed by atoms with E-state index in [0.717, 1.165) is 58.7 Å². The fourth-order valence-electron chi connectivity index (χ4n) is 4.12. The molecule has 0 atom stereocenters. The van der Waals surface area contributed by atoms with Crippen molar-refractivity contribution in [2.45, 2.75) is 25.7 Å². The zero-order valence-corrected chi connectivity index (χ0v) is 18.7. The van der Waals surface area contributed by atoms with E-state index in [4.69, 9.17) is 4.74 Å². The Morgan fingerprint density at radius 2 is 1.85 bits per heavy atom. The monoisotopic (exact) mass is 462 g/mol. The minimum atomic E-state index is -0.718. The molecule has 2 heterocycles. The highest BCUT2D eigenvalue weighted by Crippen LogP contribution is 2.39. The summed E-state index contributed by atoms with van der Waals surface area (Å²) < 4.78 is 33.3. The van der Waals surface area contributed by atoms with Crippen molar-refractivity contribution in [1.82, 2.24) is 9.97 Å². The van der Waals surface area contributed by atoms with Crippen LogP contribution in [0.2, 0.25) is 0 Å². The molecule has 7 heteroatoms. The van der Waals surface area contributed by atoms with Crippen molar-refractivity contribution in [3.05, 3.63) is 88.2 Å². The number of pyridine rings is 1. The normalized spacial score (nSPS) is 12.6. The fourth-order valence-corrected chi connectivity index (χ4v) is 5.22. The third kappa shape index (κ3) is 4.16. The second-order valence-electron chi connectivity index (χ2n) is 7.91. The number of carbonyl (C=O) groups is 1. The Hall–Kier alpha value is -3.45. The molecule has 5 rings (SSSR count). The molecule has 0 spiro atoms. The lowest BCUT2D eigenvalue weighted by molar-refractivity contribution is 0.0990. The molecule has 0 unspecified atom stereocenters. The van der Waals surface area contributed by atoms with Crippen LogP contribution >= 0.6 is 11.3 Å². The lowest BCUT2D eigenvalue weighted by atomic mass is 9.97. The summed E-state index contributed by atoms with van der Waals surface area (Å²) in [5, 5.41) is 0.284. The van der Waals surface area contributed by atoms with E-state index in [2.05, 4.69) is 28.2 Å². The predicted molar refractivity (Wildman–Crippen MR) is 124 cm³/mol. The van der Waals surface area contributed by atoms with Gasteiger partial charge in [-0.05, 0) is 65.8 Å². The van der Waals surface area contributed by atoms with E-state index in [1.165, 1.54) is 23.0 Å². The molecule has 0 aliphatic heterocycles. The predicted octanol–water partition coefficient (Wildman–Crippen LogP) is 6.07. The summed E-state index contributed by atoms with van der Waals surface area (Å²) in [6, 6.07) is 13.7. The van der Waals surface area contributed by atoms with Crippen LogP contribution in [0.25, 0.3) is 21.6 Å². The first-order chi connectivity index (χ1) is 16.0. The maximum atomic E-state index is 14.0. The topological polar surface area (TPSA) is 52.1 Å². The van der Waals surface area contributed by atoms with E-state index in [9.17, 15) is 13.6 Å². The number of hydrogen-bond donors (Lipinski definition) is 0. The molecule has 0 fully saturated rings. The van der Waals surface area contributed by atoms with E-state index in [-0.39, 0.29) is 22.8 Å². The number of ketones is 1. The SMILES string of the molecule is COc1cc(-c2ccc3c(c2)-c2sc(C(=O)Cc4c(F)cccc4F)nc2CCC3)ccn1. The van der Waals surface area contributed by atoms with Gasteiger partial charge in [0.05, 0.1) is 17.7 Å². The van der Waals surface area contributed by atoms with Gasteiger partial charge in [-0.2, -0.15) is 0 Å². The number of halogens is 2. The largest absolute Gasteiger partial charge is 0.481 e. The molecular weight excluding hydrogens is 442 g/mol. The summed E-state index contributed by atoms with van der Waals surface area (Å²) in [6.45, 7) is 0. The van der Waals surface area contributed by atoms with E-state index in [1.807, 2.05) is 12.1 Å². The van der Waals surface area contributed by atoms with Crippen molar-refractivity contribution in [3.63, 3.8) is 0 Å². The van der Waals surface area contributed by atoms with Crippen LogP contribution in [0.4, 0.5) is 8.78 Å². The number of carbonyl (C=O) groups excluding carboxylic acids is 1. The van der Waals surface area contributed by atoms with Crippen LogP contribution in [0.15, 0.2) is 54.7 Å². The smallest absolute Gasteiger partial charge is 0.213 e. The van der Waals surface area contributed by atoms with E-state index < -0.39 is 11.6 Å². The van der Waals surface area contributed by atoms with Crippen molar-refractivity contribution in [2.75, 3.05) is 7.11 Å². The Bertz CT molecular complexity index is 1350. The fraction of sp³-hybridized carbons (Fsp3) is 0.192. The number of fused-ring (bicyclic) bond motifs is 3. The average molecular weight is 463 g/mol. The molecule has 0 amide bonds. The van der Waals surface area contributed by atoms with Crippen molar-refractivity contribution >= 4 is 17.1 Å². The Balaban J connectivity index is 1.52. The molecule has 0 saturated carbocycles. The number of thiazole rings is 1. The van der Waals surface area contributed by atoms with Gasteiger partial charge in [0.2, 0.25) is 5.88 Å². The van der Waals surface area contributed by atoms with E-state index in [0.29, 0.717) is 5.88 Å². The van der Waals surface area contributed by atoms with Crippen molar-refractivity contribution < 1.29 is 18.3 Å². The Kier molecular flexibility index (Phi) is 5.72. The second-order valence-corrected chi connectivity index (χ2v) is 8.91. The molecular formula is C26H20F2N2O2S. The Morgan fingerprint density at radius 3 is 2.64 bits per heavy atom. The zero-order valence-electron chi connectivity index (χ0n) is 17.9. The van der Waals surface area contributed by atoms with Crippen LogP contribution in [-0.4, -0.2) is 22.9 Å². The lowest BCUT2D eigenvalue weighted by Crippen LogP contribution is -2.07. The van der Waals surface area contributed by atoms with Crippen molar-refractivity contribution in [3.8, 4) is 27.4 Å². The Morgan fingerprint density at radius 1 is 1.06 bits per heavy atom. The summed E-state index contributed by atoms with van der Waals surface area (Å²) in [6.07, 6.45) is 3.94. The third-order valence-electron chi connectivity index (χ3n) is 5.83. The summed E-state index contributed by atoms with van der Waals surface area (Å²) in [7, 11) is 1.58. The minimum absolute atomic E-state index is 0.220. The van der Waals surface area contributed by atoms with Gasteiger partial charge >= 0.3 is 0 Å². The van der Waals surface area contributed by atoms with Crippen LogP contribution in [0.5, 0.6) is 5.88 Å². The molecule has 166 valence electrons. The van der Waals surface area contributed by atoms with Gasteiger partial charge < -0.3 is 4.74 Å². The molecule has 0 radical (unpaired) electrons. The molecule has 1 aliphatic rings. The van der Waals surface area contributed by atoms with Gasteiger partial charge in [0.1, 0.15) is 11.6 Å². The first kappa shape index (κ1) is 21.4. The van der Waals surface area contributed by atoms with Gasteiger partial charge in [0.15, 0.2) is 10.8 Å². The number of nitrogens with zero attached hydrogens (tertiary/aromatic N) is 2. The maximum absolute atomic E-state index is 14.0. The first-order valence-corrected chi connectivity index (χ1v) is 11.4. The lowest BCUT2D eigenvalue weighted by Gasteiger charge is -2.10. The van der Waals surface area contributed by atoms with Gasteiger partial charge in [0.25, 0.3) is 0 Å². The molecule has 1 aliphatic carbocycles. The summed E-state index contributed by atoms with van der Waals surface area (Å²) in [5.41, 5.74) is 4.87. The van der Waals surface area contributed by atoms with Gasteiger partial charge in [-0.15, -0.1) is 11.3 Å². The number of aryl methyl sites for hydroxylation is 2. The van der Waals surface area contributed by atoms with Crippen molar-refractivity contribution in [1.29, 1.82) is 0 Å². The number of Topliss-reactive ketones (excluding diaryl/α,β-unsaturated/α-hetero) is 1. The molecule has 2 aromatic heterocycles. The highest BCUT2D eigenvalue weighted by Gasteiger charge is 2.24. The summed E-state index contributed by atoms with van der Waals surface area (Å²) in [4.78, 5) is 22.6. The number of ether oxygens (including phenoxy) is 1. The third-order valence-corrected chi connectivity index (χ3v) is 7.00. The number of hydrogen-bond acceptors (Lipinski definition) is 5. The number of methoxy groups -OCH3 is 1. The standard InChI is InChI=1S/C26H20F2N2O2S/c1-32-24-13-17(10-11-29-24)16-9-8-15-4-2-7-22-25(18(15)12-16)33-26(30-22)23(31)14-19-20(27)5-3-6-21(19)28/h3,5-6,8-13H,2,4,7,14H2,1H3. The molecule has 0 saturated heterocycles. The molecule has 4 aromatic rings. The van der Waals surface area contributed by atoms with Crippen LogP contribution < -0.4 is 4.74 Å². The summed E-state index contributed by atoms with van der Waals surface area (Å²) in [5.74, 6) is -1.28. The van der Waals surface area contributed by atoms with Crippen molar-refractivity contribution in [2.24, 2.45) is 0 Å². The van der Waals surface area contributed by atoms with Crippen LogP contribution in [0.1, 0.15) is 33.0 Å². The van der Waals surface area contributed by atoms with Crippen LogP contribution in [-0.2, 0) is 19.3 Å². The van der Waals surface area contributed by atoms with Crippen LogP contribution in [0, 0.1) is 11.6 Å². The van der Waals surface area contributed by atoms with Gasteiger partial charge in [-0.3, -0.25) is 4.79 Å². The van der Waals surface area contributed by atoms with Gasteiger partial charge in [0, 0.05) is 24.2 Å². The van der Waals surface area contributed by atoms with Gasteiger partial charge in [-0.1, -0.05) is 18.2 Å². The number of aromatic nitrogens is 2. The maximum Gasteiger partial charge on any atom is 0.213 e. The van der Waals surface area contributed by atoms with Crippen LogP contribution in [0.3, 0.4) is 0 Å². The molecule has 4 nitrogen and oxygen atoms in total.